The predicted molar refractivity (Wildman–Crippen MR) is 124 cm³/mol. The van der Waals surface area contributed by atoms with E-state index in [2.05, 4.69) is 16.0 Å². The van der Waals surface area contributed by atoms with Crippen molar-refractivity contribution in [1.29, 1.82) is 0 Å². The van der Waals surface area contributed by atoms with Gasteiger partial charge in [-0.25, -0.2) is 4.79 Å². The van der Waals surface area contributed by atoms with Crippen molar-refractivity contribution in [3.8, 4) is 0 Å². The maximum absolute atomic E-state index is 13.0. The second kappa shape index (κ2) is 16.0. The van der Waals surface area contributed by atoms with E-state index in [0.29, 0.717) is 19.4 Å². The molecule has 34 heavy (non-hydrogen) atoms. The number of aliphatic carboxylic acids is 1. The zero-order valence-corrected chi connectivity index (χ0v) is 20.1. The topological polar surface area (TPSA) is 240 Å². The summed E-state index contributed by atoms with van der Waals surface area (Å²) in [6.07, 6.45) is 0.00500. The number of carbonyl (C=O) groups excluding carboxylic acids is 4. The fourth-order valence-corrected chi connectivity index (χ4v) is 3.09. The summed E-state index contributed by atoms with van der Waals surface area (Å²) in [4.78, 5) is 60.4. The third-order valence-corrected chi connectivity index (χ3v) is 5.00. The minimum absolute atomic E-state index is 0.00552. The highest BCUT2D eigenvalue weighted by Gasteiger charge is 2.32. The number of nitrogens with one attached hydrogen (secondary N) is 3. The van der Waals surface area contributed by atoms with Crippen LogP contribution in [0.5, 0.6) is 0 Å². The third kappa shape index (κ3) is 12.5. The molecule has 0 aromatic carbocycles. The van der Waals surface area contributed by atoms with Crippen molar-refractivity contribution < 1.29 is 34.2 Å². The van der Waals surface area contributed by atoms with E-state index in [1.807, 2.05) is 13.8 Å². The molecule has 0 aliphatic carbocycles. The Kier molecular flexibility index (Phi) is 14.7. The van der Waals surface area contributed by atoms with Gasteiger partial charge >= 0.3 is 5.97 Å². The van der Waals surface area contributed by atoms with Gasteiger partial charge in [-0.1, -0.05) is 13.8 Å². The predicted octanol–water partition coefficient (Wildman–Crippen LogP) is -2.33. The number of carboxylic acids is 1. The molecule has 0 aliphatic heterocycles. The Balaban J connectivity index is 5.48. The highest BCUT2D eigenvalue weighted by Crippen LogP contribution is 2.09. The van der Waals surface area contributed by atoms with Crippen LogP contribution in [-0.2, 0) is 24.0 Å². The van der Waals surface area contributed by atoms with Crippen LogP contribution in [-0.4, -0.2) is 76.6 Å². The van der Waals surface area contributed by atoms with Gasteiger partial charge in [0.1, 0.15) is 12.1 Å². The maximum Gasteiger partial charge on any atom is 0.328 e. The molecule has 0 aliphatic rings. The lowest BCUT2D eigenvalue weighted by Crippen LogP contribution is -2.58. The van der Waals surface area contributed by atoms with Crippen molar-refractivity contribution >= 4 is 29.6 Å². The van der Waals surface area contributed by atoms with E-state index < -0.39 is 59.9 Å². The Hall–Kier alpha value is -2.77. The number of unbranched alkanes of at least 4 members (excludes halogenated alkanes) is 1. The number of primary amides is 1. The number of aliphatic hydroxyl groups excluding tert-OH is 1. The lowest BCUT2D eigenvalue weighted by Gasteiger charge is -2.26. The second-order valence-electron chi connectivity index (χ2n) is 8.71. The van der Waals surface area contributed by atoms with Gasteiger partial charge in [-0.3, -0.25) is 19.2 Å². The van der Waals surface area contributed by atoms with Crippen molar-refractivity contribution in [2.45, 2.75) is 89.6 Å². The van der Waals surface area contributed by atoms with Crippen LogP contribution in [0.3, 0.4) is 0 Å². The van der Waals surface area contributed by atoms with E-state index in [1.54, 1.807) is 0 Å². The Bertz CT molecular complexity index is 701. The summed E-state index contributed by atoms with van der Waals surface area (Å²) in [6.45, 7) is 5.26. The quantitative estimate of drug-likeness (QED) is 0.102. The van der Waals surface area contributed by atoms with Gasteiger partial charge in [0, 0.05) is 6.42 Å². The van der Waals surface area contributed by atoms with Crippen LogP contribution >= 0.6 is 0 Å². The Morgan fingerprint density at radius 2 is 1.41 bits per heavy atom. The molecule has 0 spiro atoms. The number of hydrogen-bond donors (Lipinski definition) is 8. The molecule has 11 N–H and O–H groups in total. The molecule has 0 saturated heterocycles. The van der Waals surface area contributed by atoms with Crippen LogP contribution in [0.2, 0.25) is 0 Å². The Morgan fingerprint density at radius 1 is 0.853 bits per heavy atom. The van der Waals surface area contributed by atoms with Crippen LogP contribution in [0.4, 0.5) is 0 Å². The van der Waals surface area contributed by atoms with Crippen molar-refractivity contribution in [1.82, 2.24) is 16.0 Å². The minimum atomic E-state index is -1.56. The number of rotatable bonds is 17. The van der Waals surface area contributed by atoms with Crippen molar-refractivity contribution in [2.75, 3.05) is 6.54 Å². The van der Waals surface area contributed by atoms with Crippen LogP contribution < -0.4 is 33.2 Å². The molecule has 13 nitrogen and oxygen atoms in total. The molecule has 0 rings (SSSR count). The zero-order valence-electron chi connectivity index (χ0n) is 20.1. The summed E-state index contributed by atoms with van der Waals surface area (Å²) in [7, 11) is 0. The van der Waals surface area contributed by atoms with Gasteiger partial charge in [0.2, 0.25) is 23.6 Å². The van der Waals surface area contributed by atoms with Gasteiger partial charge in [-0.05, 0) is 51.5 Å². The second-order valence-corrected chi connectivity index (χ2v) is 8.71. The fourth-order valence-electron chi connectivity index (χ4n) is 3.09. The Morgan fingerprint density at radius 3 is 1.88 bits per heavy atom. The summed E-state index contributed by atoms with van der Waals surface area (Å²) in [5.74, 6) is -4.12. The monoisotopic (exact) mass is 488 g/mol. The van der Waals surface area contributed by atoms with E-state index in [-0.39, 0.29) is 31.6 Å². The molecule has 13 heteroatoms. The standard InChI is InChI=1S/C21H40N6O7/c1-11(2)10-15(26-18(30)13(23)7-8-16(24)29)20(32)25-14(6-4-5-9-22)19(31)27-17(12(3)28)21(33)34/h11-15,17,28H,4-10,22-23H2,1-3H3,(H2,24,29)(H,25,32)(H,26,30)(H,27,31)(H,33,34). The van der Waals surface area contributed by atoms with E-state index >= 15 is 0 Å². The van der Waals surface area contributed by atoms with Gasteiger partial charge in [0.05, 0.1) is 12.1 Å². The first-order valence-corrected chi connectivity index (χ1v) is 11.4. The minimum Gasteiger partial charge on any atom is -0.480 e. The first-order valence-electron chi connectivity index (χ1n) is 11.4. The van der Waals surface area contributed by atoms with Crippen molar-refractivity contribution in [3.05, 3.63) is 0 Å². The highest BCUT2D eigenvalue weighted by molar-refractivity contribution is 5.94. The van der Waals surface area contributed by atoms with E-state index in [9.17, 15) is 34.2 Å². The van der Waals surface area contributed by atoms with Crippen molar-refractivity contribution in [3.63, 3.8) is 0 Å². The molecule has 0 aromatic rings. The average molecular weight is 489 g/mol. The normalized spacial score (nSPS) is 15.5. The summed E-state index contributed by atoms with van der Waals surface area (Å²) < 4.78 is 0. The van der Waals surface area contributed by atoms with Crippen LogP contribution in [0.15, 0.2) is 0 Å². The number of amides is 4. The lowest BCUT2D eigenvalue weighted by atomic mass is 10.0. The smallest absolute Gasteiger partial charge is 0.328 e. The molecular formula is C21H40N6O7. The zero-order chi connectivity index (χ0) is 26.4. The van der Waals surface area contributed by atoms with Crippen molar-refractivity contribution in [2.24, 2.45) is 23.1 Å². The molecule has 0 heterocycles. The molecule has 5 unspecified atom stereocenters. The average Bonchev–Trinajstić information content (AvgIpc) is 2.73. The molecule has 0 saturated carbocycles. The van der Waals surface area contributed by atoms with Crippen LogP contribution in [0.25, 0.3) is 0 Å². The van der Waals surface area contributed by atoms with E-state index in [0.717, 1.165) is 0 Å². The number of nitrogens with two attached hydrogens (primary N) is 3. The summed E-state index contributed by atoms with van der Waals surface area (Å²) in [6, 6.07) is -4.75. The summed E-state index contributed by atoms with van der Waals surface area (Å²) in [5.41, 5.74) is 16.3. The van der Waals surface area contributed by atoms with Gasteiger partial charge in [-0.2, -0.15) is 0 Å². The summed E-state index contributed by atoms with van der Waals surface area (Å²) in [5, 5.41) is 26.2. The van der Waals surface area contributed by atoms with Gasteiger partial charge in [0.15, 0.2) is 6.04 Å². The number of carbonyl (C=O) groups is 5. The fraction of sp³-hybridized carbons (Fsp3) is 0.762. The highest BCUT2D eigenvalue weighted by atomic mass is 16.4. The molecule has 0 fully saturated rings. The first kappa shape index (κ1) is 31.2. The number of aliphatic hydroxyl groups is 1. The molecule has 5 atom stereocenters. The van der Waals surface area contributed by atoms with Crippen LogP contribution in [0, 0.1) is 5.92 Å². The summed E-state index contributed by atoms with van der Waals surface area (Å²) >= 11 is 0. The number of carboxylic acid groups (broad SMARTS) is 1. The Labute approximate surface area is 199 Å². The largest absolute Gasteiger partial charge is 0.480 e. The lowest BCUT2D eigenvalue weighted by molar-refractivity contribution is -0.145. The molecule has 0 bridgehead atoms. The molecule has 0 radical (unpaired) electrons. The van der Waals surface area contributed by atoms with Gasteiger partial charge in [0.25, 0.3) is 0 Å². The molecule has 0 aromatic heterocycles. The van der Waals surface area contributed by atoms with E-state index in [4.69, 9.17) is 17.2 Å². The molecule has 4 amide bonds. The molecule has 196 valence electrons. The third-order valence-electron chi connectivity index (χ3n) is 5.00. The van der Waals surface area contributed by atoms with Gasteiger partial charge < -0.3 is 43.4 Å². The van der Waals surface area contributed by atoms with Gasteiger partial charge in [-0.15, -0.1) is 0 Å². The molecular weight excluding hydrogens is 448 g/mol. The maximum atomic E-state index is 13.0. The van der Waals surface area contributed by atoms with Crippen LogP contribution in [0.1, 0.15) is 59.3 Å². The number of hydrogen-bond acceptors (Lipinski definition) is 8. The first-order chi connectivity index (χ1) is 15.8. The SMILES string of the molecule is CC(C)CC(NC(=O)C(N)CCC(N)=O)C(=O)NC(CCCCN)C(=O)NC(C(=O)O)C(C)O. The van der Waals surface area contributed by atoms with E-state index in [1.165, 1.54) is 6.92 Å².